The van der Waals surface area contributed by atoms with E-state index < -0.39 is 0 Å². The van der Waals surface area contributed by atoms with Crippen LogP contribution in [0.15, 0.2) is 30.3 Å². The Labute approximate surface area is 132 Å². The lowest BCUT2D eigenvalue weighted by Gasteiger charge is -2.23. The summed E-state index contributed by atoms with van der Waals surface area (Å²) in [4.78, 5) is 0. The minimum atomic E-state index is -0.240. The van der Waals surface area contributed by atoms with Crippen LogP contribution in [-0.4, -0.2) is 5.11 Å². The molecule has 1 N–H and O–H groups in total. The van der Waals surface area contributed by atoms with E-state index in [9.17, 15) is 9.50 Å². The number of hydrogen-bond donors (Lipinski definition) is 1. The molecule has 22 heavy (non-hydrogen) atoms. The second-order valence-corrected chi connectivity index (χ2v) is 6.51. The van der Waals surface area contributed by atoms with Gasteiger partial charge in [0.2, 0.25) is 0 Å². The number of benzene rings is 2. The van der Waals surface area contributed by atoms with E-state index in [1.54, 1.807) is 12.1 Å². The van der Waals surface area contributed by atoms with Gasteiger partial charge in [-0.15, -0.1) is 0 Å². The summed E-state index contributed by atoms with van der Waals surface area (Å²) in [6, 6.07) is 8.78. The Bertz CT molecular complexity index is 654. The average Bonchev–Trinajstić information content (AvgIpc) is 2.47. The molecule has 0 fully saturated rings. The first-order valence-corrected chi connectivity index (χ1v) is 7.89. The molecule has 2 aromatic rings. The normalized spacial score (nSPS) is 11.5. The first-order valence-electron chi connectivity index (χ1n) is 7.89. The van der Waals surface area contributed by atoms with Gasteiger partial charge in [-0.2, -0.15) is 0 Å². The minimum Gasteiger partial charge on any atom is -0.392 e. The van der Waals surface area contributed by atoms with Crippen LogP contribution in [0.25, 0.3) is 11.1 Å². The molecule has 0 bridgehead atoms. The summed E-state index contributed by atoms with van der Waals surface area (Å²) >= 11 is 0. The summed E-state index contributed by atoms with van der Waals surface area (Å²) in [6.45, 7) is 10.7. The summed E-state index contributed by atoms with van der Waals surface area (Å²) in [7, 11) is 0. The Morgan fingerprint density at radius 3 is 1.95 bits per heavy atom. The zero-order chi connectivity index (χ0) is 16.4. The summed E-state index contributed by atoms with van der Waals surface area (Å²) in [6.07, 6.45) is 0. The molecular formula is C20H25FO. The summed E-state index contributed by atoms with van der Waals surface area (Å²) in [5.74, 6) is 0.500. The fraction of sp³-hybridized carbons (Fsp3) is 0.400. The summed E-state index contributed by atoms with van der Waals surface area (Å²) in [5, 5.41) is 9.94. The van der Waals surface area contributed by atoms with Crippen molar-refractivity contribution in [1.29, 1.82) is 0 Å². The van der Waals surface area contributed by atoms with Crippen molar-refractivity contribution in [2.75, 3.05) is 0 Å². The van der Waals surface area contributed by atoms with E-state index >= 15 is 0 Å². The minimum absolute atomic E-state index is 0.000557. The smallest absolute Gasteiger partial charge is 0.123 e. The fourth-order valence-electron chi connectivity index (χ4n) is 3.17. The van der Waals surface area contributed by atoms with Gasteiger partial charge in [-0.25, -0.2) is 4.39 Å². The molecule has 118 valence electrons. The van der Waals surface area contributed by atoms with Crippen LogP contribution in [0.4, 0.5) is 4.39 Å². The average molecular weight is 300 g/mol. The van der Waals surface area contributed by atoms with Crippen molar-refractivity contribution in [2.24, 2.45) is 0 Å². The summed E-state index contributed by atoms with van der Waals surface area (Å²) in [5.41, 5.74) is 6.62. The molecule has 0 saturated heterocycles. The monoisotopic (exact) mass is 300 g/mol. The standard InChI is InChI=1S/C20H25FO/c1-12(2)17-10-18(13(3)4)19(11-22)20(14(17)5)15-6-8-16(21)9-7-15/h6-10,12-13,22H,11H2,1-5H3. The van der Waals surface area contributed by atoms with E-state index in [0.29, 0.717) is 11.8 Å². The molecule has 2 aromatic carbocycles. The second kappa shape index (κ2) is 6.62. The maximum absolute atomic E-state index is 13.3. The van der Waals surface area contributed by atoms with E-state index in [1.807, 2.05) is 0 Å². The van der Waals surface area contributed by atoms with Crippen LogP contribution >= 0.6 is 0 Å². The second-order valence-electron chi connectivity index (χ2n) is 6.51. The highest BCUT2D eigenvalue weighted by molar-refractivity contribution is 5.74. The number of rotatable bonds is 4. The highest BCUT2D eigenvalue weighted by Gasteiger charge is 2.19. The van der Waals surface area contributed by atoms with Crippen LogP contribution in [0, 0.1) is 12.7 Å². The SMILES string of the molecule is Cc1c(C(C)C)cc(C(C)C)c(CO)c1-c1ccc(F)cc1. The topological polar surface area (TPSA) is 20.2 Å². The molecule has 0 aromatic heterocycles. The molecule has 0 radical (unpaired) electrons. The van der Waals surface area contributed by atoms with E-state index in [1.165, 1.54) is 28.8 Å². The van der Waals surface area contributed by atoms with Gasteiger partial charge in [0.05, 0.1) is 6.61 Å². The zero-order valence-electron chi connectivity index (χ0n) is 14.1. The van der Waals surface area contributed by atoms with Gasteiger partial charge in [-0.05, 0) is 64.3 Å². The Morgan fingerprint density at radius 1 is 0.955 bits per heavy atom. The zero-order valence-corrected chi connectivity index (χ0v) is 14.1. The van der Waals surface area contributed by atoms with Gasteiger partial charge in [0.15, 0.2) is 0 Å². The molecule has 0 unspecified atom stereocenters. The van der Waals surface area contributed by atoms with Crippen molar-refractivity contribution < 1.29 is 9.50 Å². The third kappa shape index (κ3) is 3.07. The Morgan fingerprint density at radius 2 is 1.50 bits per heavy atom. The molecular weight excluding hydrogens is 275 g/mol. The van der Waals surface area contributed by atoms with Crippen LogP contribution in [-0.2, 0) is 6.61 Å². The molecule has 1 nitrogen and oxygen atoms in total. The van der Waals surface area contributed by atoms with Crippen molar-refractivity contribution in [3.8, 4) is 11.1 Å². The fourth-order valence-corrected chi connectivity index (χ4v) is 3.17. The third-order valence-corrected chi connectivity index (χ3v) is 4.30. The molecule has 0 atom stereocenters. The Balaban J connectivity index is 2.81. The number of hydrogen-bond acceptors (Lipinski definition) is 1. The molecule has 0 aliphatic carbocycles. The van der Waals surface area contributed by atoms with Crippen molar-refractivity contribution in [1.82, 2.24) is 0 Å². The lowest BCUT2D eigenvalue weighted by molar-refractivity contribution is 0.280. The predicted molar refractivity (Wildman–Crippen MR) is 90.7 cm³/mol. The Kier molecular flexibility index (Phi) is 5.02. The van der Waals surface area contributed by atoms with Gasteiger partial charge in [0, 0.05) is 0 Å². The predicted octanol–water partition coefficient (Wildman–Crippen LogP) is 5.54. The van der Waals surface area contributed by atoms with Crippen LogP contribution in [0.1, 0.15) is 61.8 Å². The lowest BCUT2D eigenvalue weighted by Crippen LogP contribution is -2.06. The highest BCUT2D eigenvalue weighted by atomic mass is 19.1. The van der Waals surface area contributed by atoms with Crippen LogP contribution in [0.5, 0.6) is 0 Å². The summed E-state index contributed by atoms with van der Waals surface area (Å²) < 4.78 is 13.3. The van der Waals surface area contributed by atoms with E-state index in [0.717, 1.165) is 16.7 Å². The van der Waals surface area contributed by atoms with Crippen molar-refractivity contribution >= 4 is 0 Å². The molecule has 2 rings (SSSR count). The molecule has 0 aliphatic rings. The first-order chi connectivity index (χ1) is 10.4. The molecule has 2 heteroatoms. The third-order valence-electron chi connectivity index (χ3n) is 4.30. The maximum atomic E-state index is 13.3. The lowest BCUT2D eigenvalue weighted by atomic mass is 9.82. The molecule has 0 amide bonds. The maximum Gasteiger partial charge on any atom is 0.123 e. The van der Waals surface area contributed by atoms with Gasteiger partial charge in [-0.1, -0.05) is 45.9 Å². The van der Waals surface area contributed by atoms with Crippen molar-refractivity contribution in [2.45, 2.75) is 53.1 Å². The van der Waals surface area contributed by atoms with Gasteiger partial charge >= 0.3 is 0 Å². The van der Waals surface area contributed by atoms with Crippen LogP contribution in [0.2, 0.25) is 0 Å². The van der Waals surface area contributed by atoms with E-state index in [2.05, 4.69) is 40.7 Å². The Hall–Kier alpha value is -1.67. The van der Waals surface area contributed by atoms with Gasteiger partial charge < -0.3 is 5.11 Å². The van der Waals surface area contributed by atoms with Gasteiger partial charge in [-0.3, -0.25) is 0 Å². The molecule has 0 heterocycles. The first kappa shape index (κ1) is 16.7. The van der Waals surface area contributed by atoms with Crippen molar-refractivity contribution in [3.05, 3.63) is 58.4 Å². The number of halogens is 1. The molecule has 0 aliphatic heterocycles. The highest BCUT2D eigenvalue weighted by Crippen LogP contribution is 2.37. The largest absolute Gasteiger partial charge is 0.392 e. The van der Waals surface area contributed by atoms with Crippen LogP contribution in [0.3, 0.4) is 0 Å². The number of aliphatic hydroxyl groups is 1. The van der Waals surface area contributed by atoms with Gasteiger partial charge in [0.25, 0.3) is 0 Å². The van der Waals surface area contributed by atoms with Crippen molar-refractivity contribution in [3.63, 3.8) is 0 Å². The van der Waals surface area contributed by atoms with E-state index in [4.69, 9.17) is 0 Å². The molecule has 0 saturated carbocycles. The van der Waals surface area contributed by atoms with Crippen LogP contribution < -0.4 is 0 Å². The van der Waals surface area contributed by atoms with E-state index in [-0.39, 0.29) is 12.4 Å². The number of aliphatic hydroxyl groups excluding tert-OH is 1. The quantitative estimate of drug-likeness (QED) is 0.786. The van der Waals surface area contributed by atoms with Gasteiger partial charge in [0.1, 0.15) is 5.82 Å². The molecule has 0 spiro atoms.